The number of rotatable bonds is 12. The van der Waals surface area contributed by atoms with Gasteiger partial charge in [0.15, 0.2) is 9.84 Å². The maximum absolute atomic E-state index is 14.3. The average Bonchev–Trinajstić information content (AvgIpc) is 3.24. The lowest BCUT2D eigenvalue weighted by Crippen LogP contribution is -2.64. The van der Waals surface area contributed by atoms with Crippen molar-refractivity contribution in [3.05, 3.63) is 0 Å². The summed E-state index contributed by atoms with van der Waals surface area (Å²) in [5.41, 5.74) is 3.34. The van der Waals surface area contributed by atoms with Gasteiger partial charge in [-0.05, 0) is 62.7 Å². The van der Waals surface area contributed by atoms with E-state index in [2.05, 4.69) is 16.0 Å². The standard InChI is InChI=1S/C33H57N5O7S/c1-10-11-15-21(24(39)26(34)40)35-27(41)23-22-20(32(22,8)9)18-38(23)28(42)25(30(2,3)4)36-29(43)37-33(16-13-12-14-17-33)19-46(44,45)31(5,6)7/h20-23,25H,10-19H2,1-9H3,(H2,34,40)(H,35,41)(H2,36,37,43)/t20?,21?,22-,23-,25+/m0/s1. The van der Waals surface area contributed by atoms with Crippen LogP contribution in [0.1, 0.15) is 114 Å². The fourth-order valence-corrected chi connectivity index (χ4v) is 8.78. The molecule has 0 bridgehead atoms. The van der Waals surface area contributed by atoms with E-state index in [0.717, 1.165) is 25.7 Å². The summed E-state index contributed by atoms with van der Waals surface area (Å²) in [7, 11) is -3.56. The van der Waals surface area contributed by atoms with Gasteiger partial charge in [0.05, 0.1) is 22.1 Å². The lowest BCUT2D eigenvalue weighted by Gasteiger charge is -2.41. The molecule has 13 heteroatoms. The highest BCUT2D eigenvalue weighted by Crippen LogP contribution is 2.65. The molecule has 2 aliphatic carbocycles. The number of hydrogen-bond donors (Lipinski definition) is 4. The van der Waals surface area contributed by atoms with E-state index in [4.69, 9.17) is 5.73 Å². The van der Waals surface area contributed by atoms with Crippen molar-refractivity contribution >= 4 is 39.4 Å². The number of carbonyl (C=O) groups excluding carboxylic acids is 5. The van der Waals surface area contributed by atoms with Crippen molar-refractivity contribution in [1.82, 2.24) is 20.9 Å². The van der Waals surface area contributed by atoms with Gasteiger partial charge >= 0.3 is 6.03 Å². The molecule has 0 aromatic carbocycles. The first-order valence-electron chi connectivity index (χ1n) is 16.7. The summed E-state index contributed by atoms with van der Waals surface area (Å²) in [5.74, 6) is -3.25. The van der Waals surface area contributed by atoms with E-state index in [0.29, 0.717) is 25.8 Å². The molecule has 0 aromatic rings. The molecule has 0 aromatic heterocycles. The van der Waals surface area contributed by atoms with Crippen LogP contribution >= 0.6 is 0 Å². The monoisotopic (exact) mass is 667 g/mol. The Bertz CT molecular complexity index is 1310. The maximum atomic E-state index is 14.3. The largest absolute Gasteiger partial charge is 0.363 e. The van der Waals surface area contributed by atoms with Crippen molar-refractivity contribution < 1.29 is 32.4 Å². The molecular formula is C33H57N5O7S. The van der Waals surface area contributed by atoms with Gasteiger partial charge in [0.2, 0.25) is 17.6 Å². The second-order valence-corrected chi connectivity index (χ2v) is 19.2. The van der Waals surface area contributed by atoms with E-state index in [1.54, 1.807) is 20.8 Å². The predicted molar refractivity (Wildman–Crippen MR) is 176 cm³/mol. The third-order valence-corrected chi connectivity index (χ3v) is 13.3. The van der Waals surface area contributed by atoms with Crippen LogP contribution < -0.4 is 21.7 Å². The summed E-state index contributed by atoms with van der Waals surface area (Å²) in [5, 5.41) is 8.57. The van der Waals surface area contributed by atoms with Gasteiger partial charge in [-0.2, -0.15) is 0 Å². The molecule has 0 radical (unpaired) electrons. The van der Waals surface area contributed by atoms with Gasteiger partial charge in [-0.3, -0.25) is 19.2 Å². The fourth-order valence-electron chi connectivity index (χ4n) is 7.26. The SMILES string of the molecule is CCCCC(NC(=O)[C@@H]1[C@@H]2C(CN1C(=O)[C@@H](NC(=O)NC1(CS(=O)(=O)C(C)(C)C)CCCCC1)C(C)(C)C)C2(C)C)C(=O)C(N)=O. The van der Waals surface area contributed by atoms with Gasteiger partial charge in [-0.25, -0.2) is 13.2 Å². The van der Waals surface area contributed by atoms with Gasteiger partial charge in [-0.1, -0.05) is 73.6 Å². The molecule has 2 unspecified atom stereocenters. The van der Waals surface area contributed by atoms with Crippen LogP contribution in [0.25, 0.3) is 0 Å². The van der Waals surface area contributed by atoms with Crippen molar-refractivity contribution in [1.29, 1.82) is 0 Å². The Morgan fingerprint density at radius 3 is 2.04 bits per heavy atom. The molecule has 0 spiro atoms. The Balaban J connectivity index is 1.86. The van der Waals surface area contributed by atoms with E-state index in [9.17, 15) is 32.4 Å². The molecule has 5 amide bonds. The molecule has 1 saturated heterocycles. The molecule has 3 fully saturated rings. The van der Waals surface area contributed by atoms with Crippen molar-refractivity contribution in [2.45, 2.75) is 142 Å². The lowest BCUT2D eigenvalue weighted by molar-refractivity contribution is -0.145. The number of piperidine rings is 1. The molecule has 5 atom stereocenters. The topological polar surface area (TPSA) is 185 Å². The fraction of sp³-hybridized carbons (Fsp3) is 0.848. The second kappa shape index (κ2) is 13.4. The van der Waals surface area contributed by atoms with E-state index >= 15 is 0 Å². The molecule has 46 heavy (non-hydrogen) atoms. The van der Waals surface area contributed by atoms with E-state index in [-0.39, 0.29) is 29.4 Å². The molecule has 5 N–H and O–H groups in total. The van der Waals surface area contributed by atoms with Crippen LogP contribution in [0.5, 0.6) is 0 Å². The van der Waals surface area contributed by atoms with Crippen LogP contribution in [0.4, 0.5) is 4.79 Å². The normalized spacial score (nSPS) is 25.1. The number of urea groups is 1. The van der Waals surface area contributed by atoms with Gasteiger partial charge in [0.1, 0.15) is 12.1 Å². The minimum absolute atomic E-state index is 0.0516. The number of hydrogen-bond acceptors (Lipinski definition) is 7. The predicted octanol–water partition coefficient (Wildman–Crippen LogP) is 2.83. The first-order chi connectivity index (χ1) is 21.0. The molecule has 3 rings (SSSR count). The van der Waals surface area contributed by atoms with Crippen molar-refractivity contribution in [2.24, 2.45) is 28.4 Å². The summed E-state index contributed by atoms with van der Waals surface area (Å²) in [6.45, 7) is 16.7. The smallest absolute Gasteiger partial charge is 0.315 e. The molecular weight excluding hydrogens is 610 g/mol. The molecule has 1 heterocycles. The summed E-state index contributed by atoms with van der Waals surface area (Å²) in [6.07, 6.45) is 5.13. The van der Waals surface area contributed by atoms with Crippen LogP contribution in [0.15, 0.2) is 0 Å². The number of nitrogens with one attached hydrogen (secondary N) is 3. The number of Topliss-reactive ketones (excluding diaryl/α,β-unsaturated/α-hetero) is 1. The quantitative estimate of drug-likeness (QED) is 0.231. The zero-order valence-electron chi connectivity index (χ0n) is 29.2. The number of nitrogens with two attached hydrogens (primary N) is 1. The molecule has 2 saturated carbocycles. The van der Waals surface area contributed by atoms with Crippen LogP contribution in [-0.4, -0.2) is 83.6 Å². The van der Waals surface area contributed by atoms with Gasteiger partial charge in [-0.15, -0.1) is 0 Å². The highest BCUT2D eigenvalue weighted by atomic mass is 32.2. The molecule has 1 aliphatic heterocycles. The second-order valence-electron chi connectivity index (χ2n) is 16.4. The maximum Gasteiger partial charge on any atom is 0.315 e. The van der Waals surface area contributed by atoms with Crippen molar-refractivity contribution in [3.8, 4) is 0 Å². The zero-order valence-corrected chi connectivity index (χ0v) is 30.1. The lowest BCUT2D eigenvalue weighted by atomic mass is 9.83. The number of fused-ring (bicyclic) bond motifs is 1. The number of likely N-dealkylation sites (tertiary alicyclic amines) is 1. The highest BCUT2D eigenvalue weighted by molar-refractivity contribution is 7.92. The average molecular weight is 668 g/mol. The summed E-state index contributed by atoms with van der Waals surface area (Å²) in [4.78, 5) is 67.6. The first kappa shape index (κ1) is 37.8. The third kappa shape index (κ3) is 8.05. The third-order valence-electron chi connectivity index (χ3n) is 10.5. The molecule has 262 valence electrons. The zero-order chi connectivity index (χ0) is 35.0. The number of ketones is 1. The molecule has 3 aliphatic rings. The summed E-state index contributed by atoms with van der Waals surface area (Å²) >= 11 is 0. The van der Waals surface area contributed by atoms with E-state index in [1.165, 1.54) is 4.90 Å². The number of amides is 5. The van der Waals surface area contributed by atoms with Crippen LogP contribution in [0.3, 0.4) is 0 Å². The Kier molecular flexibility index (Phi) is 11.0. The van der Waals surface area contributed by atoms with Gasteiger partial charge in [0, 0.05) is 6.54 Å². The van der Waals surface area contributed by atoms with Gasteiger partial charge in [0.25, 0.3) is 5.91 Å². The number of nitrogens with zero attached hydrogens (tertiary/aromatic N) is 1. The summed E-state index contributed by atoms with van der Waals surface area (Å²) < 4.78 is 25.5. The Hall–Kier alpha value is -2.70. The highest BCUT2D eigenvalue weighted by Gasteiger charge is 2.70. The summed E-state index contributed by atoms with van der Waals surface area (Å²) in [6, 6.07) is -3.64. The van der Waals surface area contributed by atoms with Crippen LogP contribution in [-0.2, 0) is 29.0 Å². The van der Waals surface area contributed by atoms with E-state index < -0.39 is 73.2 Å². The number of unbranched alkanes of at least 4 members (excludes halogenated alkanes) is 1. The van der Waals surface area contributed by atoms with Gasteiger partial charge < -0.3 is 26.6 Å². The van der Waals surface area contributed by atoms with Crippen LogP contribution in [0, 0.1) is 22.7 Å². The number of carbonyl (C=O) groups is 5. The first-order valence-corrected chi connectivity index (χ1v) is 18.4. The van der Waals surface area contributed by atoms with Crippen molar-refractivity contribution in [2.75, 3.05) is 12.3 Å². The number of sulfone groups is 1. The van der Waals surface area contributed by atoms with Crippen LogP contribution in [0.2, 0.25) is 0 Å². The minimum atomic E-state index is -3.56. The Morgan fingerprint density at radius 2 is 1.54 bits per heavy atom. The Morgan fingerprint density at radius 1 is 0.957 bits per heavy atom. The van der Waals surface area contributed by atoms with Crippen molar-refractivity contribution in [3.63, 3.8) is 0 Å². The number of primary amides is 1. The minimum Gasteiger partial charge on any atom is -0.363 e. The molecule has 12 nitrogen and oxygen atoms in total. The van der Waals surface area contributed by atoms with E-state index in [1.807, 2.05) is 41.5 Å². The Labute approximate surface area is 275 Å².